The Morgan fingerprint density at radius 1 is 1.27 bits per heavy atom. The second-order valence-electron chi connectivity index (χ2n) is 5.08. The van der Waals surface area contributed by atoms with Gasteiger partial charge in [-0.1, -0.05) is 6.07 Å². The van der Waals surface area contributed by atoms with Gasteiger partial charge in [0.25, 0.3) is 0 Å². The van der Waals surface area contributed by atoms with Crippen molar-refractivity contribution in [2.75, 3.05) is 23.3 Å². The van der Waals surface area contributed by atoms with Crippen LogP contribution in [0.25, 0.3) is 0 Å². The van der Waals surface area contributed by atoms with Crippen LogP contribution in [0.3, 0.4) is 0 Å². The molecule has 1 aliphatic heterocycles. The molecule has 114 valence electrons. The summed E-state index contributed by atoms with van der Waals surface area (Å²) in [6, 6.07) is 8.14. The lowest BCUT2D eigenvalue weighted by atomic mass is 10.3. The second kappa shape index (κ2) is 6.38. The Kier molecular flexibility index (Phi) is 4.13. The highest BCUT2D eigenvalue weighted by Gasteiger charge is 2.24. The van der Waals surface area contributed by atoms with Crippen molar-refractivity contribution in [2.45, 2.75) is 12.5 Å². The minimum Gasteiger partial charge on any atom is -0.354 e. The number of anilines is 2. The highest BCUT2D eigenvalue weighted by molar-refractivity contribution is 5.88. The normalized spacial score (nSPS) is 17.3. The van der Waals surface area contributed by atoms with Crippen molar-refractivity contribution in [1.82, 2.24) is 15.3 Å². The molecule has 1 atom stereocenters. The van der Waals surface area contributed by atoms with Crippen molar-refractivity contribution in [3.05, 3.63) is 48.5 Å². The number of rotatable bonds is 3. The molecular formula is C15H16FN5O. The number of nitrogens with zero attached hydrogens (tertiary/aromatic N) is 3. The molecular weight excluding hydrogens is 285 g/mol. The monoisotopic (exact) mass is 301 g/mol. The van der Waals surface area contributed by atoms with Crippen molar-refractivity contribution in [3.8, 4) is 0 Å². The van der Waals surface area contributed by atoms with Crippen LogP contribution in [0.5, 0.6) is 0 Å². The topological polar surface area (TPSA) is 70.2 Å². The zero-order chi connectivity index (χ0) is 15.4. The Hall–Kier alpha value is -2.70. The van der Waals surface area contributed by atoms with E-state index in [0.29, 0.717) is 12.4 Å². The van der Waals surface area contributed by atoms with Gasteiger partial charge >= 0.3 is 6.03 Å². The molecule has 1 saturated heterocycles. The number of pyridine rings is 2. The van der Waals surface area contributed by atoms with Crippen molar-refractivity contribution in [2.24, 2.45) is 0 Å². The first-order chi connectivity index (χ1) is 10.7. The Morgan fingerprint density at radius 2 is 2.18 bits per heavy atom. The predicted molar refractivity (Wildman–Crippen MR) is 81.2 cm³/mol. The number of hydrogen-bond acceptors (Lipinski definition) is 4. The maximum absolute atomic E-state index is 12.8. The molecule has 0 bridgehead atoms. The largest absolute Gasteiger partial charge is 0.354 e. The van der Waals surface area contributed by atoms with Crippen molar-refractivity contribution < 1.29 is 9.18 Å². The predicted octanol–water partition coefficient (Wildman–Crippen LogP) is 2.02. The van der Waals surface area contributed by atoms with Gasteiger partial charge in [-0.3, -0.25) is 5.32 Å². The summed E-state index contributed by atoms with van der Waals surface area (Å²) in [5.74, 6) is 0.790. The Balaban J connectivity index is 1.51. The number of urea groups is 1. The minimum absolute atomic E-state index is 0.0439. The van der Waals surface area contributed by atoms with Gasteiger partial charge in [-0.05, 0) is 30.7 Å². The van der Waals surface area contributed by atoms with Crippen molar-refractivity contribution in [3.63, 3.8) is 0 Å². The number of amides is 2. The van der Waals surface area contributed by atoms with Gasteiger partial charge in [-0.15, -0.1) is 0 Å². The Labute approximate surface area is 127 Å². The van der Waals surface area contributed by atoms with Crippen LogP contribution in [0.4, 0.5) is 20.8 Å². The van der Waals surface area contributed by atoms with E-state index in [9.17, 15) is 9.18 Å². The molecule has 3 rings (SSSR count). The maximum atomic E-state index is 12.8. The highest BCUT2D eigenvalue weighted by atomic mass is 19.1. The Morgan fingerprint density at radius 3 is 2.91 bits per heavy atom. The summed E-state index contributed by atoms with van der Waals surface area (Å²) in [6.45, 7) is 1.55. The maximum Gasteiger partial charge on any atom is 0.320 e. The fourth-order valence-corrected chi connectivity index (χ4v) is 2.41. The van der Waals surface area contributed by atoms with Crippen LogP contribution in [0, 0.1) is 5.82 Å². The van der Waals surface area contributed by atoms with E-state index in [1.807, 2.05) is 18.2 Å². The number of halogens is 1. The molecule has 2 aromatic rings. The molecule has 0 unspecified atom stereocenters. The fraction of sp³-hybridized carbons (Fsp3) is 0.267. The molecule has 2 aromatic heterocycles. The summed E-state index contributed by atoms with van der Waals surface area (Å²) >= 11 is 0. The standard InChI is InChI=1S/C15H16FN5O/c16-11-4-5-13(18-9-11)20-15(22)19-12-6-8-21(10-12)14-3-1-2-7-17-14/h1-5,7,9,12H,6,8,10H2,(H2,18,19,20,22)/t12-/m0/s1. The van der Waals surface area contributed by atoms with Crippen LogP contribution < -0.4 is 15.5 Å². The van der Waals surface area contributed by atoms with E-state index in [2.05, 4.69) is 25.5 Å². The third-order valence-corrected chi connectivity index (χ3v) is 3.47. The molecule has 3 heterocycles. The summed E-state index contributed by atoms with van der Waals surface area (Å²) < 4.78 is 12.8. The average Bonchev–Trinajstić information content (AvgIpc) is 2.99. The lowest BCUT2D eigenvalue weighted by molar-refractivity contribution is 0.249. The van der Waals surface area contributed by atoms with Crippen molar-refractivity contribution >= 4 is 17.7 Å². The van der Waals surface area contributed by atoms with E-state index in [-0.39, 0.29) is 12.1 Å². The van der Waals surface area contributed by atoms with Gasteiger partial charge in [0.2, 0.25) is 0 Å². The van der Waals surface area contributed by atoms with Crippen LogP contribution in [0.1, 0.15) is 6.42 Å². The second-order valence-corrected chi connectivity index (χ2v) is 5.08. The number of aromatic nitrogens is 2. The van der Waals surface area contributed by atoms with Gasteiger partial charge in [0, 0.05) is 25.3 Å². The van der Waals surface area contributed by atoms with Crippen LogP contribution in [0.2, 0.25) is 0 Å². The summed E-state index contributed by atoms with van der Waals surface area (Å²) in [7, 11) is 0. The third kappa shape index (κ3) is 3.49. The summed E-state index contributed by atoms with van der Waals surface area (Å²) in [5, 5.41) is 5.48. The number of nitrogens with one attached hydrogen (secondary N) is 2. The SMILES string of the molecule is O=C(Nc1ccc(F)cn1)N[C@H]1CCN(c2ccccn2)C1. The molecule has 0 saturated carbocycles. The van der Waals surface area contributed by atoms with Gasteiger partial charge in [0.15, 0.2) is 0 Å². The van der Waals surface area contributed by atoms with Gasteiger partial charge in [-0.25, -0.2) is 19.2 Å². The molecule has 1 aliphatic rings. The third-order valence-electron chi connectivity index (χ3n) is 3.47. The molecule has 2 N–H and O–H groups in total. The molecule has 1 fully saturated rings. The fourth-order valence-electron chi connectivity index (χ4n) is 2.41. The first-order valence-corrected chi connectivity index (χ1v) is 7.06. The summed E-state index contributed by atoms with van der Waals surface area (Å²) in [6.07, 6.45) is 3.66. The van der Waals surface area contributed by atoms with E-state index >= 15 is 0 Å². The number of hydrogen-bond donors (Lipinski definition) is 2. The van der Waals surface area contributed by atoms with Crippen LogP contribution in [-0.4, -0.2) is 35.1 Å². The number of carbonyl (C=O) groups is 1. The molecule has 0 aromatic carbocycles. The molecule has 7 heteroatoms. The summed E-state index contributed by atoms with van der Waals surface area (Å²) in [5.41, 5.74) is 0. The molecule has 0 aliphatic carbocycles. The molecule has 0 radical (unpaired) electrons. The van der Waals surface area contributed by atoms with E-state index in [0.717, 1.165) is 25.0 Å². The van der Waals surface area contributed by atoms with Crippen LogP contribution in [-0.2, 0) is 0 Å². The average molecular weight is 301 g/mol. The minimum atomic E-state index is -0.437. The van der Waals surface area contributed by atoms with Gasteiger partial charge in [0.05, 0.1) is 6.20 Å². The van der Waals surface area contributed by atoms with Crippen LogP contribution >= 0.6 is 0 Å². The lowest BCUT2D eigenvalue weighted by Crippen LogP contribution is -2.40. The van der Waals surface area contributed by atoms with E-state index in [1.165, 1.54) is 12.1 Å². The highest BCUT2D eigenvalue weighted by Crippen LogP contribution is 2.17. The first kappa shape index (κ1) is 14.2. The molecule has 22 heavy (non-hydrogen) atoms. The molecule has 6 nitrogen and oxygen atoms in total. The Bertz CT molecular complexity index is 634. The van der Waals surface area contributed by atoms with Gasteiger partial charge < -0.3 is 10.2 Å². The van der Waals surface area contributed by atoms with E-state index < -0.39 is 5.82 Å². The van der Waals surface area contributed by atoms with E-state index in [1.54, 1.807) is 6.20 Å². The van der Waals surface area contributed by atoms with Gasteiger partial charge in [-0.2, -0.15) is 0 Å². The van der Waals surface area contributed by atoms with Crippen LogP contribution in [0.15, 0.2) is 42.7 Å². The summed E-state index contributed by atoms with van der Waals surface area (Å²) in [4.78, 5) is 22.1. The first-order valence-electron chi connectivity index (χ1n) is 7.06. The quantitative estimate of drug-likeness (QED) is 0.910. The zero-order valence-electron chi connectivity index (χ0n) is 11.9. The smallest absolute Gasteiger partial charge is 0.320 e. The van der Waals surface area contributed by atoms with Gasteiger partial charge in [0.1, 0.15) is 17.5 Å². The van der Waals surface area contributed by atoms with Crippen molar-refractivity contribution in [1.29, 1.82) is 0 Å². The zero-order valence-corrected chi connectivity index (χ0v) is 11.9. The lowest BCUT2D eigenvalue weighted by Gasteiger charge is -2.17. The number of carbonyl (C=O) groups excluding carboxylic acids is 1. The molecule has 0 spiro atoms. The molecule has 2 amide bonds. The van der Waals surface area contributed by atoms with E-state index in [4.69, 9.17) is 0 Å².